The van der Waals surface area contributed by atoms with Gasteiger partial charge in [0.05, 0.1) is 12.2 Å². The number of nitrogens with zero attached hydrogens (tertiary/aromatic N) is 1. The van der Waals surface area contributed by atoms with Crippen molar-refractivity contribution in [2.45, 2.75) is 19.9 Å². The van der Waals surface area contributed by atoms with Gasteiger partial charge < -0.3 is 19.7 Å². The summed E-state index contributed by atoms with van der Waals surface area (Å²) in [5.41, 5.74) is 2.58. The molecule has 0 radical (unpaired) electrons. The zero-order valence-electron chi connectivity index (χ0n) is 17.6. The smallest absolute Gasteiger partial charge is 0.265 e. The quantitative estimate of drug-likeness (QED) is 0.601. The number of fused-ring (bicyclic) bond motifs is 1. The lowest BCUT2D eigenvalue weighted by atomic mass is 10.1. The molecular formula is C25H23FN2O4. The summed E-state index contributed by atoms with van der Waals surface area (Å²) in [5, 5.41) is 2.77. The molecule has 1 heterocycles. The van der Waals surface area contributed by atoms with E-state index < -0.39 is 0 Å². The molecule has 3 aromatic rings. The number of benzene rings is 3. The van der Waals surface area contributed by atoms with E-state index in [0.29, 0.717) is 28.4 Å². The van der Waals surface area contributed by atoms with Crippen molar-refractivity contribution < 1.29 is 23.5 Å². The van der Waals surface area contributed by atoms with Gasteiger partial charge in [-0.3, -0.25) is 9.59 Å². The number of hydrogen-bond acceptors (Lipinski definition) is 4. The number of carbonyl (C=O) groups is 2. The molecule has 0 atom stereocenters. The van der Waals surface area contributed by atoms with Crippen LogP contribution < -0.4 is 19.7 Å². The van der Waals surface area contributed by atoms with E-state index in [1.807, 2.05) is 18.2 Å². The van der Waals surface area contributed by atoms with Crippen LogP contribution in [0.1, 0.15) is 18.1 Å². The Kier molecular flexibility index (Phi) is 6.35. The SMILES string of the molecule is CCc1cccc(OCC(=O)Nc2ccc3c(c2)OCC(=O)N3Cc2ccccc2F)c1. The van der Waals surface area contributed by atoms with Gasteiger partial charge in [-0.2, -0.15) is 0 Å². The van der Waals surface area contributed by atoms with Crippen LogP contribution in [0.5, 0.6) is 11.5 Å². The molecule has 0 saturated carbocycles. The molecule has 0 saturated heterocycles. The minimum Gasteiger partial charge on any atom is -0.484 e. The average molecular weight is 434 g/mol. The van der Waals surface area contributed by atoms with Gasteiger partial charge in [-0.15, -0.1) is 0 Å². The Labute approximate surface area is 185 Å². The van der Waals surface area contributed by atoms with Crippen molar-refractivity contribution >= 4 is 23.2 Å². The van der Waals surface area contributed by atoms with E-state index in [1.165, 1.54) is 11.0 Å². The fourth-order valence-corrected chi connectivity index (χ4v) is 3.45. The highest BCUT2D eigenvalue weighted by Crippen LogP contribution is 2.35. The number of halogens is 1. The first-order valence-corrected chi connectivity index (χ1v) is 10.4. The van der Waals surface area contributed by atoms with Crippen molar-refractivity contribution in [1.29, 1.82) is 0 Å². The maximum atomic E-state index is 14.1. The van der Waals surface area contributed by atoms with Crippen molar-refractivity contribution in [3.05, 3.63) is 83.7 Å². The Morgan fingerprint density at radius 2 is 1.97 bits per heavy atom. The third-order valence-corrected chi connectivity index (χ3v) is 5.15. The van der Waals surface area contributed by atoms with Gasteiger partial charge in [0.15, 0.2) is 13.2 Å². The molecule has 3 aromatic carbocycles. The second-order valence-corrected chi connectivity index (χ2v) is 7.38. The maximum absolute atomic E-state index is 14.1. The molecule has 6 nitrogen and oxygen atoms in total. The van der Waals surface area contributed by atoms with Gasteiger partial charge in [-0.1, -0.05) is 37.3 Å². The van der Waals surface area contributed by atoms with Crippen LogP contribution in [0.3, 0.4) is 0 Å². The number of aryl methyl sites for hydroxylation is 1. The summed E-state index contributed by atoms with van der Waals surface area (Å²) >= 11 is 0. The Morgan fingerprint density at radius 1 is 1.12 bits per heavy atom. The zero-order valence-corrected chi connectivity index (χ0v) is 17.6. The van der Waals surface area contributed by atoms with Crippen LogP contribution in [0.25, 0.3) is 0 Å². The van der Waals surface area contributed by atoms with E-state index in [4.69, 9.17) is 9.47 Å². The van der Waals surface area contributed by atoms with Gasteiger partial charge in [-0.05, 0) is 42.3 Å². The number of amides is 2. The summed E-state index contributed by atoms with van der Waals surface area (Å²) in [6.07, 6.45) is 0.884. The van der Waals surface area contributed by atoms with Crippen molar-refractivity contribution in [3.63, 3.8) is 0 Å². The van der Waals surface area contributed by atoms with Crippen molar-refractivity contribution in [2.24, 2.45) is 0 Å². The largest absolute Gasteiger partial charge is 0.484 e. The Balaban J connectivity index is 1.43. The highest BCUT2D eigenvalue weighted by Gasteiger charge is 2.26. The summed E-state index contributed by atoms with van der Waals surface area (Å²) in [5.74, 6) is 0.120. The highest BCUT2D eigenvalue weighted by atomic mass is 19.1. The van der Waals surface area contributed by atoms with Gasteiger partial charge in [0, 0.05) is 17.3 Å². The molecule has 0 unspecified atom stereocenters. The minimum absolute atomic E-state index is 0.0955. The van der Waals surface area contributed by atoms with Crippen LogP contribution in [0.2, 0.25) is 0 Å². The number of nitrogens with one attached hydrogen (secondary N) is 1. The number of ether oxygens (including phenoxy) is 2. The Morgan fingerprint density at radius 3 is 2.78 bits per heavy atom. The topological polar surface area (TPSA) is 67.9 Å². The number of carbonyl (C=O) groups excluding carboxylic acids is 2. The molecule has 1 aliphatic heterocycles. The lowest BCUT2D eigenvalue weighted by Gasteiger charge is -2.30. The zero-order chi connectivity index (χ0) is 22.5. The lowest BCUT2D eigenvalue weighted by molar-refractivity contribution is -0.121. The molecule has 2 amide bonds. The summed E-state index contributed by atoms with van der Waals surface area (Å²) in [4.78, 5) is 26.2. The fraction of sp³-hybridized carbons (Fsp3) is 0.200. The number of rotatable bonds is 7. The predicted molar refractivity (Wildman–Crippen MR) is 119 cm³/mol. The molecule has 7 heteroatoms. The van der Waals surface area contributed by atoms with E-state index in [9.17, 15) is 14.0 Å². The number of anilines is 2. The molecule has 0 aromatic heterocycles. The molecule has 1 N–H and O–H groups in total. The summed E-state index contributed by atoms with van der Waals surface area (Å²) in [6.45, 7) is 1.85. The van der Waals surface area contributed by atoms with Gasteiger partial charge >= 0.3 is 0 Å². The van der Waals surface area contributed by atoms with E-state index in [0.717, 1.165) is 12.0 Å². The standard InChI is InChI=1S/C25H23FN2O4/c1-2-17-6-5-8-20(12-17)31-15-24(29)27-19-10-11-22-23(13-19)32-16-25(30)28(22)14-18-7-3-4-9-21(18)26/h3-13H,2,14-16H2,1H3,(H,27,29). The van der Waals surface area contributed by atoms with Crippen LogP contribution >= 0.6 is 0 Å². The summed E-state index contributed by atoms with van der Waals surface area (Å²) in [7, 11) is 0. The van der Waals surface area contributed by atoms with Crippen molar-refractivity contribution in [2.75, 3.05) is 23.4 Å². The monoisotopic (exact) mass is 434 g/mol. The number of hydrogen-bond donors (Lipinski definition) is 1. The van der Waals surface area contributed by atoms with Crippen molar-refractivity contribution in [3.8, 4) is 11.5 Å². The van der Waals surface area contributed by atoms with Gasteiger partial charge in [0.2, 0.25) is 0 Å². The molecule has 1 aliphatic rings. The molecule has 164 valence electrons. The second kappa shape index (κ2) is 9.51. The van der Waals surface area contributed by atoms with E-state index in [1.54, 1.807) is 42.5 Å². The molecule has 0 spiro atoms. The van der Waals surface area contributed by atoms with Gasteiger partial charge in [-0.25, -0.2) is 4.39 Å². The van der Waals surface area contributed by atoms with E-state index >= 15 is 0 Å². The van der Waals surface area contributed by atoms with Crippen LogP contribution in [-0.2, 0) is 22.6 Å². The minimum atomic E-state index is -0.373. The first-order chi connectivity index (χ1) is 15.5. The van der Waals surface area contributed by atoms with Crippen LogP contribution in [0.15, 0.2) is 66.7 Å². The van der Waals surface area contributed by atoms with Crippen molar-refractivity contribution in [1.82, 2.24) is 0 Å². The van der Waals surface area contributed by atoms with Crippen LogP contribution in [0.4, 0.5) is 15.8 Å². The average Bonchev–Trinajstić information content (AvgIpc) is 2.81. The molecular weight excluding hydrogens is 411 g/mol. The predicted octanol–water partition coefficient (Wildman–Crippen LogP) is 4.33. The van der Waals surface area contributed by atoms with Crippen LogP contribution in [0, 0.1) is 5.82 Å². The lowest BCUT2D eigenvalue weighted by Crippen LogP contribution is -2.38. The third-order valence-electron chi connectivity index (χ3n) is 5.15. The first-order valence-electron chi connectivity index (χ1n) is 10.4. The molecule has 0 fully saturated rings. The third kappa shape index (κ3) is 4.88. The Hall–Kier alpha value is -3.87. The second-order valence-electron chi connectivity index (χ2n) is 7.38. The van der Waals surface area contributed by atoms with E-state index in [2.05, 4.69) is 12.2 Å². The van der Waals surface area contributed by atoms with E-state index in [-0.39, 0.29) is 37.4 Å². The molecule has 4 rings (SSSR count). The first kappa shape index (κ1) is 21.4. The molecule has 32 heavy (non-hydrogen) atoms. The van der Waals surface area contributed by atoms with Gasteiger partial charge in [0.25, 0.3) is 11.8 Å². The summed E-state index contributed by atoms with van der Waals surface area (Å²) < 4.78 is 25.2. The maximum Gasteiger partial charge on any atom is 0.265 e. The molecule has 0 aliphatic carbocycles. The van der Waals surface area contributed by atoms with Gasteiger partial charge in [0.1, 0.15) is 17.3 Å². The Bertz CT molecular complexity index is 1150. The highest BCUT2D eigenvalue weighted by molar-refractivity contribution is 5.99. The molecule has 0 bridgehead atoms. The normalized spacial score (nSPS) is 12.7. The van der Waals surface area contributed by atoms with Crippen LogP contribution in [-0.4, -0.2) is 25.0 Å². The summed E-state index contributed by atoms with van der Waals surface area (Å²) in [6, 6.07) is 18.9. The fourth-order valence-electron chi connectivity index (χ4n) is 3.45.